The third-order valence-corrected chi connectivity index (χ3v) is 2.67. The van der Waals surface area contributed by atoms with Crippen molar-refractivity contribution in [1.29, 1.82) is 0 Å². The van der Waals surface area contributed by atoms with Crippen LogP contribution in [-0.2, 0) is 9.59 Å². The van der Waals surface area contributed by atoms with Crippen LogP contribution in [0.1, 0.15) is 6.92 Å². The Kier molecular flexibility index (Phi) is 4.25. The van der Waals surface area contributed by atoms with Crippen LogP contribution in [0.4, 0.5) is 4.79 Å². The van der Waals surface area contributed by atoms with Gasteiger partial charge in [0.1, 0.15) is 13.1 Å². The number of carbonyl (C=O) groups excluding carboxylic acids is 3. The first-order valence-corrected chi connectivity index (χ1v) is 5.41. The highest BCUT2D eigenvalue weighted by molar-refractivity contribution is 6.04. The number of carbonyl (C=O) groups is 3. The molecule has 0 aromatic carbocycles. The first-order chi connectivity index (χ1) is 8.33. The van der Waals surface area contributed by atoms with Gasteiger partial charge in [0, 0.05) is 7.05 Å². The smallest absolute Gasteiger partial charge is 0.327 e. The summed E-state index contributed by atoms with van der Waals surface area (Å²) in [6.07, 6.45) is 0. The molecule has 0 saturated carbocycles. The van der Waals surface area contributed by atoms with Crippen LogP contribution in [0.25, 0.3) is 0 Å². The van der Waals surface area contributed by atoms with Gasteiger partial charge in [-0.3, -0.25) is 14.5 Å². The summed E-state index contributed by atoms with van der Waals surface area (Å²) in [5.74, 6) is -1.06. The minimum atomic E-state index is -1.17. The molecule has 0 aliphatic carbocycles. The number of hydrogen-bond donors (Lipinski definition) is 3. The standard InChI is InChI=1S/C10H17N3O5/c1-10(5-14,6-15)11-7(16)3-13-8(17)4-12(2)9(13)18/h14-15H,3-6H2,1-2H3,(H,11,16). The number of nitrogens with one attached hydrogen (secondary N) is 1. The number of amides is 4. The molecule has 0 bridgehead atoms. The van der Waals surface area contributed by atoms with E-state index in [0.717, 1.165) is 4.90 Å². The quantitative estimate of drug-likeness (QED) is 0.483. The maximum absolute atomic E-state index is 11.6. The number of aliphatic hydroxyl groups excluding tert-OH is 2. The minimum Gasteiger partial charge on any atom is -0.394 e. The van der Waals surface area contributed by atoms with Crippen LogP contribution in [0.2, 0.25) is 0 Å². The summed E-state index contributed by atoms with van der Waals surface area (Å²) < 4.78 is 0. The molecular formula is C10H17N3O5. The van der Waals surface area contributed by atoms with E-state index in [0.29, 0.717) is 0 Å². The van der Waals surface area contributed by atoms with Crippen LogP contribution < -0.4 is 5.32 Å². The average molecular weight is 259 g/mol. The Bertz CT molecular complexity index is 367. The van der Waals surface area contributed by atoms with Gasteiger partial charge in [-0.05, 0) is 6.92 Å². The van der Waals surface area contributed by atoms with E-state index in [2.05, 4.69) is 5.32 Å². The molecule has 0 spiro atoms. The van der Waals surface area contributed by atoms with Gasteiger partial charge in [0.05, 0.1) is 18.8 Å². The highest BCUT2D eigenvalue weighted by Gasteiger charge is 2.36. The normalized spacial score (nSPS) is 16.4. The van der Waals surface area contributed by atoms with Gasteiger partial charge in [0.15, 0.2) is 0 Å². The Labute approximate surface area is 104 Å². The van der Waals surface area contributed by atoms with Crippen LogP contribution in [0, 0.1) is 0 Å². The topological polar surface area (TPSA) is 110 Å². The lowest BCUT2D eigenvalue weighted by Gasteiger charge is -2.27. The number of likely N-dealkylation sites (N-methyl/N-ethyl adjacent to an activating group) is 1. The number of rotatable bonds is 5. The van der Waals surface area contributed by atoms with E-state index < -0.39 is 43.1 Å². The predicted molar refractivity (Wildman–Crippen MR) is 60.5 cm³/mol. The van der Waals surface area contributed by atoms with Gasteiger partial charge in [-0.1, -0.05) is 0 Å². The monoisotopic (exact) mass is 259 g/mol. The SMILES string of the molecule is CN1CC(=O)N(CC(=O)NC(C)(CO)CO)C1=O. The van der Waals surface area contributed by atoms with Crippen molar-refractivity contribution in [3.05, 3.63) is 0 Å². The van der Waals surface area contributed by atoms with Crippen LogP contribution in [0.5, 0.6) is 0 Å². The summed E-state index contributed by atoms with van der Waals surface area (Å²) in [4.78, 5) is 36.6. The Hall–Kier alpha value is -1.67. The van der Waals surface area contributed by atoms with Gasteiger partial charge in [0.2, 0.25) is 5.91 Å². The third kappa shape index (κ3) is 2.96. The molecule has 102 valence electrons. The second-order valence-electron chi connectivity index (χ2n) is 4.54. The third-order valence-electron chi connectivity index (χ3n) is 2.67. The molecule has 1 fully saturated rings. The molecule has 0 radical (unpaired) electrons. The van der Waals surface area contributed by atoms with Crippen molar-refractivity contribution in [1.82, 2.24) is 15.1 Å². The number of imide groups is 1. The van der Waals surface area contributed by atoms with Gasteiger partial charge in [-0.25, -0.2) is 4.79 Å². The van der Waals surface area contributed by atoms with Crippen molar-refractivity contribution in [3.63, 3.8) is 0 Å². The van der Waals surface area contributed by atoms with E-state index in [1.54, 1.807) is 0 Å². The fourth-order valence-electron chi connectivity index (χ4n) is 1.47. The van der Waals surface area contributed by atoms with Crippen LogP contribution in [0.15, 0.2) is 0 Å². The number of nitrogens with zero attached hydrogens (tertiary/aromatic N) is 2. The average Bonchev–Trinajstić information content (AvgIpc) is 2.56. The molecule has 0 unspecified atom stereocenters. The van der Waals surface area contributed by atoms with Gasteiger partial charge in [-0.2, -0.15) is 0 Å². The highest BCUT2D eigenvalue weighted by atomic mass is 16.3. The Balaban J connectivity index is 2.61. The fourth-order valence-corrected chi connectivity index (χ4v) is 1.47. The molecule has 3 N–H and O–H groups in total. The summed E-state index contributed by atoms with van der Waals surface area (Å²) in [7, 11) is 1.46. The van der Waals surface area contributed by atoms with Crippen molar-refractivity contribution >= 4 is 17.8 Å². The van der Waals surface area contributed by atoms with Crippen LogP contribution in [-0.4, -0.2) is 76.7 Å². The summed E-state index contributed by atoms with van der Waals surface area (Å²) >= 11 is 0. The Morgan fingerprint density at radius 2 is 1.94 bits per heavy atom. The Morgan fingerprint density at radius 1 is 1.39 bits per heavy atom. The molecule has 0 aromatic heterocycles. The molecule has 4 amide bonds. The second kappa shape index (κ2) is 5.32. The number of hydrogen-bond acceptors (Lipinski definition) is 5. The van der Waals surface area contributed by atoms with Crippen LogP contribution in [0.3, 0.4) is 0 Å². The molecule has 1 saturated heterocycles. The zero-order valence-corrected chi connectivity index (χ0v) is 10.3. The number of aliphatic hydroxyl groups is 2. The highest BCUT2D eigenvalue weighted by Crippen LogP contribution is 2.08. The molecule has 0 atom stereocenters. The Morgan fingerprint density at radius 3 is 2.33 bits per heavy atom. The van der Waals surface area contributed by atoms with Gasteiger partial charge >= 0.3 is 6.03 Å². The molecule has 1 rings (SSSR count). The van der Waals surface area contributed by atoms with Gasteiger partial charge in [0.25, 0.3) is 5.91 Å². The van der Waals surface area contributed by atoms with E-state index in [4.69, 9.17) is 10.2 Å². The lowest BCUT2D eigenvalue weighted by molar-refractivity contribution is -0.132. The van der Waals surface area contributed by atoms with E-state index in [9.17, 15) is 14.4 Å². The maximum atomic E-state index is 11.6. The van der Waals surface area contributed by atoms with Crippen molar-refractivity contribution in [2.24, 2.45) is 0 Å². The maximum Gasteiger partial charge on any atom is 0.327 e. The summed E-state index contributed by atoms with van der Waals surface area (Å²) in [6, 6.07) is -0.537. The molecule has 8 heteroatoms. The van der Waals surface area contributed by atoms with Crippen molar-refractivity contribution in [2.75, 3.05) is 33.4 Å². The summed E-state index contributed by atoms with van der Waals surface area (Å²) in [5.41, 5.74) is -1.17. The molecule has 1 aliphatic heterocycles. The first-order valence-electron chi connectivity index (χ1n) is 5.41. The van der Waals surface area contributed by atoms with Crippen molar-refractivity contribution in [3.8, 4) is 0 Å². The zero-order chi connectivity index (χ0) is 13.9. The molecule has 18 heavy (non-hydrogen) atoms. The van der Waals surface area contributed by atoms with Crippen molar-refractivity contribution in [2.45, 2.75) is 12.5 Å². The van der Waals surface area contributed by atoms with E-state index in [-0.39, 0.29) is 6.54 Å². The largest absolute Gasteiger partial charge is 0.394 e. The fraction of sp³-hybridized carbons (Fsp3) is 0.700. The molecule has 1 heterocycles. The lowest BCUT2D eigenvalue weighted by atomic mass is 10.1. The summed E-state index contributed by atoms with van der Waals surface area (Å²) in [6.45, 7) is 0.0830. The molecule has 1 aliphatic rings. The zero-order valence-electron chi connectivity index (χ0n) is 10.3. The van der Waals surface area contributed by atoms with E-state index in [1.807, 2.05) is 0 Å². The minimum absolute atomic E-state index is 0.0522. The first kappa shape index (κ1) is 14.4. The molecule has 8 nitrogen and oxygen atoms in total. The van der Waals surface area contributed by atoms with Gasteiger partial charge in [-0.15, -0.1) is 0 Å². The summed E-state index contributed by atoms with van der Waals surface area (Å²) in [5, 5.41) is 20.4. The van der Waals surface area contributed by atoms with E-state index >= 15 is 0 Å². The lowest BCUT2D eigenvalue weighted by Crippen LogP contribution is -2.54. The van der Waals surface area contributed by atoms with Gasteiger partial charge < -0.3 is 20.4 Å². The number of urea groups is 1. The van der Waals surface area contributed by atoms with Crippen LogP contribution >= 0.6 is 0 Å². The van der Waals surface area contributed by atoms with Crippen molar-refractivity contribution < 1.29 is 24.6 Å². The molecule has 0 aromatic rings. The molecular weight excluding hydrogens is 242 g/mol. The second-order valence-corrected chi connectivity index (χ2v) is 4.54. The van der Waals surface area contributed by atoms with E-state index in [1.165, 1.54) is 18.9 Å². The predicted octanol–water partition coefficient (Wildman–Crippen LogP) is -2.26.